The molecule has 0 aromatic heterocycles. The van der Waals surface area contributed by atoms with Crippen LogP contribution in [0.5, 0.6) is 0 Å². The minimum absolute atomic E-state index is 0. The summed E-state index contributed by atoms with van der Waals surface area (Å²) in [7, 11) is 0. The van der Waals surface area contributed by atoms with Gasteiger partial charge in [-0.15, -0.1) is 0 Å². The van der Waals surface area contributed by atoms with Crippen LogP contribution in [0.4, 0.5) is 0 Å². The Hall–Kier alpha value is -0.638. The second kappa shape index (κ2) is 15.8. The van der Waals surface area contributed by atoms with Gasteiger partial charge in [0.1, 0.15) is 0 Å². The average Bonchev–Trinajstić information content (AvgIpc) is 1.25. The zero-order valence-electron chi connectivity index (χ0n) is 5.53. The smallest absolute Gasteiger partial charge is 0.300 e. The van der Waals surface area contributed by atoms with Crippen molar-refractivity contribution in [3.05, 3.63) is 0 Å². The Bertz CT molecular complexity index is 76.5. The molecule has 10 heavy (non-hydrogen) atoms. The standard InChI is InChI=1S/C2H4O2.CH5N3.H3N.Pd/c1-2(3)4;2-1(3)4;;/h1H3,(H,3,4);(H5,2,3,4);1H3;. The van der Waals surface area contributed by atoms with Gasteiger partial charge in [-0.25, -0.2) is 0 Å². The number of hydrogen-bond acceptors (Lipinski definition) is 3. The number of nitrogens with one attached hydrogen (secondary N) is 1. The van der Waals surface area contributed by atoms with E-state index in [9.17, 15) is 0 Å². The molecule has 0 saturated heterocycles. The molecule has 0 rings (SSSR count). The van der Waals surface area contributed by atoms with Gasteiger partial charge in [0, 0.05) is 27.3 Å². The van der Waals surface area contributed by atoms with E-state index in [0.29, 0.717) is 0 Å². The van der Waals surface area contributed by atoms with Crippen molar-refractivity contribution in [1.29, 1.82) is 5.41 Å². The maximum absolute atomic E-state index is 9.00. The molecular weight excluding hydrogens is 230 g/mol. The van der Waals surface area contributed by atoms with Crippen LogP contribution in [0.15, 0.2) is 0 Å². The summed E-state index contributed by atoms with van der Waals surface area (Å²) in [4.78, 5) is 9.00. The molecule has 0 aromatic rings. The number of hydrogen-bond donors (Lipinski definition) is 5. The monoisotopic (exact) mass is 242 g/mol. The minimum atomic E-state index is -0.833. The largest absolute Gasteiger partial charge is 0.481 e. The summed E-state index contributed by atoms with van der Waals surface area (Å²) < 4.78 is 0. The van der Waals surface area contributed by atoms with E-state index in [1.165, 1.54) is 0 Å². The van der Waals surface area contributed by atoms with Crippen LogP contribution in [0, 0.1) is 5.41 Å². The summed E-state index contributed by atoms with van der Waals surface area (Å²) in [5, 5.41) is 13.5. The summed E-state index contributed by atoms with van der Waals surface area (Å²) in [6.07, 6.45) is 0. The van der Waals surface area contributed by atoms with Gasteiger partial charge in [0.2, 0.25) is 0 Å². The molecule has 0 aromatic carbocycles. The molecular formula is C3H12N4O2Pd. The maximum Gasteiger partial charge on any atom is 0.300 e. The number of aliphatic carboxylic acids is 1. The fourth-order valence-corrected chi connectivity index (χ4v) is 0. The summed E-state index contributed by atoms with van der Waals surface area (Å²) in [6.45, 7) is 1.08. The predicted octanol–water partition coefficient (Wildman–Crippen LogP) is -0.911. The van der Waals surface area contributed by atoms with E-state index in [4.69, 9.17) is 15.3 Å². The molecule has 6 nitrogen and oxygen atoms in total. The molecule has 0 aliphatic rings. The van der Waals surface area contributed by atoms with Gasteiger partial charge in [0.15, 0.2) is 5.96 Å². The molecule has 0 aliphatic carbocycles. The van der Waals surface area contributed by atoms with Crippen LogP contribution in [0.25, 0.3) is 0 Å². The third kappa shape index (κ3) is 733. The van der Waals surface area contributed by atoms with Crippen LogP contribution in [0.3, 0.4) is 0 Å². The molecule has 0 unspecified atom stereocenters. The van der Waals surface area contributed by atoms with E-state index >= 15 is 0 Å². The first-order valence-corrected chi connectivity index (χ1v) is 1.76. The molecule has 0 aliphatic heterocycles. The second-order valence-corrected chi connectivity index (χ2v) is 0.974. The van der Waals surface area contributed by atoms with Crippen molar-refractivity contribution in [3.8, 4) is 0 Å². The molecule has 0 heterocycles. The van der Waals surface area contributed by atoms with Crippen molar-refractivity contribution in [3.63, 3.8) is 0 Å². The average molecular weight is 243 g/mol. The van der Waals surface area contributed by atoms with Crippen molar-refractivity contribution in [2.45, 2.75) is 6.92 Å². The predicted molar refractivity (Wildman–Crippen MR) is 34.4 cm³/mol. The Morgan fingerprint density at radius 2 is 1.50 bits per heavy atom. The van der Waals surface area contributed by atoms with Crippen molar-refractivity contribution in [2.75, 3.05) is 0 Å². The first-order valence-electron chi connectivity index (χ1n) is 1.76. The Balaban J connectivity index is -0.0000000300. The van der Waals surface area contributed by atoms with E-state index in [2.05, 4.69) is 11.5 Å². The van der Waals surface area contributed by atoms with Crippen LogP contribution >= 0.6 is 0 Å². The van der Waals surface area contributed by atoms with Gasteiger partial charge in [-0.3, -0.25) is 10.2 Å². The molecule has 0 radical (unpaired) electrons. The van der Waals surface area contributed by atoms with Crippen molar-refractivity contribution < 1.29 is 30.3 Å². The zero-order chi connectivity index (χ0) is 7.15. The van der Waals surface area contributed by atoms with E-state index in [-0.39, 0.29) is 32.5 Å². The topological polar surface area (TPSA) is 148 Å². The van der Waals surface area contributed by atoms with Gasteiger partial charge in [0.05, 0.1) is 0 Å². The fourth-order valence-electron chi connectivity index (χ4n) is 0. The van der Waals surface area contributed by atoms with Gasteiger partial charge in [-0.05, 0) is 0 Å². The quantitative estimate of drug-likeness (QED) is 0.212. The van der Waals surface area contributed by atoms with E-state index in [0.717, 1.165) is 6.92 Å². The number of carbonyl (C=O) groups is 1. The number of nitrogens with two attached hydrogens (primary N) is 2. The van der Waals surface area contributed by atoms with Gasteiger partial charge in [-0.1, -0.05) is 0 Å². The number of rotatable bonds is 0. The normalized spacial score (nSPS) is 4.90. The second-order valence-electron chi connectivity index (χ2n) is 0.974. The molecule has 9 N–H and O–H groups in total. The van der Waals surface area contributed by atoms with Gasteiger partial charge in [0.25, 0.3) is 5.97 Å². The van der Waals surface area contributed by atoms with Crippen LogP contribution < -0.4 is 17.6 Å². The number of carboxylic acids is 1. The molecule has 0 amide bonds. The first-order chi connectivity index (χ1) is 3.46. The first kappa shape index (κ1) is 22.8. The number of guanidine groups is 1. The molecule has 0 fully saturated rings. The van der Waals surface area contributed by atoms with E-state index in [1.807, 2.05) is 0 Å². The van der Waals surface area contributed by atoms with Crippen molar-refractivity contribution in [1.82, 2.24) is 6.15 Å². The number of carboxylic acid groups (broad SMARTS) is 1. The molecule has 66 valence electrons. The van der Waals surface area contributed by atoms with Gasteiger partial charge < -0.3 is 22.7 Å². The Morgan fingerprint density at radius 1 is 1.50 bits per heavy atom. The van der Waals surface area contributed by atoms with Gasteiger partial charge in [-0.2, -0.15) is 0 Å². The Kier molecular flexibility index (Phi) is 35.9. The third-order valence-corrected chi connectivity index (χ3v) is 0. The van der Waals surface area contributed by atoms with Crippen molar-refractivity contribution >= 4 is 11.9 Å². The summed E-state index contributed by atoms with van der Waals surface area (Å²) in [6, 6.07) is 0. The molecule has 0 spiro atoms. The SMILES string of the molecule is CC(=O)O.N.N=C(N)N.[Pd]. The van der Waals surface area contributed by atoms with Gasteiger partial charge >= 0.3 is 0 Å². The zero-order valence-corrected chi connectivity index (χ0v) is 7.09. The minimum Gasteiger partial charge on any atom is -0.481 e. The van der Waals surface area contributed by atoms with Crippen LogP contribution in [-0.2, 0) is 25.2 Å². The molecule has 0 bridgehead atoms. The fraction of sp³-hybridized carbons (Fsp3) is 0.333. The Labute approximate surface area is 72.7 Å². The van der Waals surface area contributed by atoms with Crippen LogP contribution in [0.2, 0.25) is 0 Å². The third-order valence-electron chi connectivity index (χ3n) is 0. The summed E-state index contributed by atoms with van der Waals surface area (Å²) in [5.74, 6) is -1.17. The molecule has 0 saturated carbocycles. The summed E-state index contributed by atoms with van der Waals surface area (Å²) >= 11 is 0. The van der Waals surface area contributed by atoms with Crippen LogP contribution in [-0.4, -0.2) is 17.0 Å². The van der Waals surface area contributed by atoms with E-state index < -0.39 is 5.97 Å². The van der Waals surface area contributed by atoms with Crippen molar-refractivity contribution in [2.24, 2.45) is 11.5 Å². The molecule has 7 heteroatoms. The maximum atomic E-state index is 9.00. The van der Waals surface area contributed by atoms with E-state index in [1.54, 1.807) is 0 Å². The summed E-state index contributed by atoms with van der Waals surface area (Å²) in [5.41, 5.74) is 8.94. The van der Waals surface area contributed by atoms with Crippen LogP contribution in [0.1, 0.15) is 6.92 Å². The Morgan fingerprint density at radius 3 is 1.50 bits per heavy atom. The molecule has 0 atom stereocenters.